The number of rotatable bonds is 8. The Balaban J connectivity index is 1.53. The molecular formula is C23H23N3O5. The number of anilines is 2. The Hall–Kier alpha value is -4.07. The molecule has 2 aromatic carbocycles. The van der Waals surface area contributed by atoms with Crippen molar-refractivity contribution in [2.75, 3.05) is 17.2 Å². The molecule has 3 rings (SSSR count). The van der Waals surface area contributed by atoms with Crippen LogP contribution in [0.2, 0.25) is 0 Å². The summed E-state index contributed by atoms with van der Waals surface area (Å²) in [5.74, 6) is -0.292. The van der Waals surface area contributed by atoms with Crippen molar-refractivity contribution in [3.8, 4) is 5.75 Å². The lowest BCUT2D eigenvalue weighted by atomic mass is 10.1. The highest BCUT2D eigenvalue weighted by Gasteiger charge is 2.18. The van der Waals surface area contributed by atoms with Gasteiger partial charge in [-0.1, -0.05) is 0 Å². The molecule has 0 aliphatic heterocycles. The van der Waals surface area contributed by atoms with Crippen LogP contribution in [0.1, 0.15) is 34.8 Å². The summed E-state index contributed by atoms with van der Waals surface area (Å²) in [4.78, 5) is 36.7. The number of furan rings is 1. The van der Waals surface area contributed by atoms with Crippen molar-refractivity contribution >= 4 is 29.1 Å². The van der Waals surface area contributed by atoms with E-state index in [2.05, 4.69) is 16.0 Å². The number of benzene rings is 2. The fourth-order valence-corrected chi connectivity index (χ4v) is 2.70. The summed E-state index contributed by atoms with van der Waals surface area (Å²) in [6.45, 7) is 4.04. The van der Waals surface area contributed by atoms with E-state index in [1.54, 1.807) is 61.5 Å². The van der Waals surface area contributed by atoms with Crippen LogP contribution in [0.3, 0.4) is 0 Å². The van der Waals surface area contributed by atoms with Crippen molar-refractivity contribution in [1.82, 2.24) is 5.32 Å². The van der Waals surface area contributed by atoms with Crippen LogP contribution in [0.4, 0.5) is 11.4 Å². The zero-order valence-corrected chi connectivity index (χ0v) is 17.2. The lowest BCUT2D eigenvalue weighted by Gasteiger charge is -2.13. The van der Waals surface area contributed by atoms with Gasteiger partial charge >= 0.3 is 0 Å². The number of carbonyl (C=O) groups is 3. The highest BCUT2D eigenvalue weighted by Crippen LogP contribution is 2.17. The molecule has 3 N–H and O–H groups in total. The Labute approximate surface area is 179 Å². The number of amides is 3. The van der Waals surface area contributed by atoms with Gasteiger partial charge in [0.1, 0.15) is 11.8 Å². The van der Waals surface area contributed by atoms with Gasteiger partial charge in [-0.15, -0.1) is 0 Å². The van der Waals surface area contributed by atoms with Gasteiger partial charge < -0.3 is 25.1 Å². The van der Waals surface area contributed by atoms with E-state index in [0.29, 0.717) is 23.5 Å². The van der Waals surface area contributed by atoms with E-state index < -0.39 is 17.9 Å². The fourth-order valence-electron chi connectivity index (χ4n) is 2.70. The first-order chi connectivity index (χ1) is 15.0. The Morgan fingerprint density at radius 1 is 0.903 bits per heavy atom. The number of hydrogen-bond donors (Lipinski definition) is 3. The van der Waals surface area contributed by atoms with Gasteiger partial charge in [-0.05, 0) is 74.5 Å². The Morgan fingerprint density at radius 2 is 1.55 bits per heavy atom. The Bertz CT molecular complexity index is 1030. The maximum atomic E-state index is 12.4. The molecule has 0 radical (unpaired) electrons. The van der Waals surface area contributed by atoms with Crippen LogP contribution in [0.25, 0.3) is 0 Å². The number of carbonyl (C=O) groups excluding carboxylic acids is 3. The second-order valence-electron chi connectivity index (χ2n) is 6.65. The van der Waals surface area contributed by atoms with Gasteiger partial charge in [0.05, 0.1) is 12.9 Å². The maximum absolute atomic E-state index is 12.4. The van der Waals surface area contributed by atoms with Crippen molar-refractivity contribution in [2.45, 2.75) is 19.9 Å². The lowest BCUT2D eigenvalue weighted by Crippen LogP contribution is -2.41. The minimum absolute atomic E-state index is 0.127. The van der Waals surface area contributed by atoms with Crippen LogP contribution in [0.5, 0.6) is 5.75 Å². The van der Waals surface area contributed by atoms with Crippen LogP contribution in [-0.4, -0.2) is 30.4 Å². The summed E-state index contributed by atoms with van der Waals surface area (Å²) in [6.07, 6.45) is 1.38. The summed E-state index contributed by atoms with van der Waals surface area (Å²) in [5, 5.41) is 8.05. The largest absolute Gasteiger partial charge is 0.494 e. The second-order valence-corrected chi connectivity index (χ2v) is 6.65. The quantitative estimate of drug-likeness (QED) is 0.514. The predicted octanol–water partition coefficient (Wildman–Crippen LogP) is 3.69. The SMILES string of the molecule is CCOc1ccc(NC(=O)c2ccc(NC(=O)[C@H](C)NC(=O)c3ccco3)cc2)cc1. The fraction of sp³-hybridized carbons (Fsp3) is 0.174. The molecule has 1 heterocycles. The molecule has 0 spiro atoms. The average Bonchev–Trinajstić information content (AvgIpc) is 3.31. The standard InChI is InChI=1S/C23H23N3O5/c1-3-30-19-12-10-18(11-13-19)26-22(28)16-6-8-17(9-7-16)25-21(27)15(2)24-23(29)20-5-4-14-31-20/h4-15H,3H2,1-2H3,(H,24,29)(H,25,27)(H,26,28)/t15-/m0/s1. The van der Waals surface area contributed by atoms with Gasteiger partial charge in [-0.2, -0.15) is 0 Å². The third kappa shape index (κ3) is 5.96. The Morgan fingerprint density at radius 3 is 2.16 bits per heavy atom. The predicted molar refractivity (Wildman–Crippen MR) is 116 cm³/mol. The highest BCUT2D eigenvalue weighted by molar-refractivity contribution is 6.05. The summed E-state index contributed by atoms with van der Waals surface area (Å²) >= 11 is 0. The number of nitrogens with one attached hydrogen (secondary N) is 3. The lowest BCUT2D eigenvalue weighted by molar-refractivity contribution is -0.117. The summed E-state index contributed by atoms with van der Waals surface area (Å²) in [5.41, 5.74) is 1.58. The first-order valence-electron chi connectivity index (χ1n) is 9.75. The van der Waals surface area contributed by atoms with E-state index in [-0.39, 0.29) is 11.7 Å². The first-order valence-corrected chi connectivity index (χ1v) is 9.75. The Kier molecular flexibility index (Phi) is 7.05. The van der Waals surface area contributed by atoms with Gasteiger partial charge in [-0.3, -0.25) is 14.4 Å². The van der Waals surface area contributed by atoms with E-state index in [0.717, 1.165) is 5.75 Å². The van der Waals surface area contributed by atoms with Crippen molar-refractivity contribution in [3.05, 3.63) is 78.3 Å². The molecule has 0 saturated carbocycles. The molecule has 3 amide bonds. The monoisotopic (exact) mass is 421 g/mol. The van der Waals surface area contributed by atoms with Crippen LogP contribution in [0, 0.1) is 0 Å². The molecular weight excluding hydrogens is 398 g/mol. The molecule has 1 atom stereocenters. The average molecular weight is 421 g/mol. The van der Waals surface area contributed by atoms with Gasteiger partial charge in [0, 0.05) is 16.9 Å². The summed E-state index contributed by atoms with van der Waals surface area (Å²) in [7, 11) is 0. The zero-order valence-electron chi connectivity index (χ0n) is 17.2. The molecule has 0 bridgehead atoms. The maximum Gasteiger partial charge on any atom is 0.287 e. The molecule has 1 aromatic heterocycles. The molecule has 8 nitrogen and oxygen atoms in total. The molecule has 160 valence electrons. The molecule has 0 saturated heterocycles. The first kappa shape index (κ1) is 21.6. The van der Waals surface area contributed by atoms with E-state index in [9.17, 15) is 14.4 Å². The van der Waals surface area contributed by atoms with Crippen molar-refractivity contribution < 1.29 is 23.5 Å². The van der Waals surface area contributed by atoms with E-state index >= 15 is 0 Å². The molecule has 0 aliphatic carbocycles. The summed E-state index contributed by atoms with van der Waals surface area (Å²) in [6, 6.07) is 15.8. The molecule has 31 heavy (non-hydrogen) atoms. The van der Waals surface area contributed by atoms with Crippen molar-refractivity contribution in [1.29, 1.82) is 0 Å². The van der Waals surface area contributed by atoms with Gasteiger partial charge in [0.2, 0.25) is 5.91 Å². The van der Waals surface area contributed by atoms with Crippen LogP contribution >= 0.6 is 0 Å². The molecule has 3 aromatic rings. The van der Waals surface area contributed by atoms with Crippen molar-refractivity contribution in [2.24, 2.45) is 0 Å². The highest BCUT2D eigenvalue weighted by atomic mass is 16.5. The third-order valence-electron chi connectivity index (χ3n) is 4.32. The van der Waals surface area contributed by atoms with E-state index in [4.69, 9.17) is 9.15 Å². The van der Waals surface area contributed by atoms with Gasteiger partial charge in [-0.25, -0.2) is 0 Å². The normalized spacial score (nSPS) is 11.3. The van der Waals surface area contributed by atoms with E-state index in [1.165, 1.54) is 12.3 Å². The number of ether oxygens (including phenoxy) is 1. The third-order valence-corrected chi connectivity index (χ3v) is 4.32. The molecule has 8 heteroatoms. The summed E-state index contributed by atoms with van der Waals surface area (Å²) < 4.78 is 10.4. The molecule has 0 aliphatic rings. The minimum Gasteiger partial charge on any atom is -0.494 e. The topological polar surface area (TPSA) is 110 Å². The minimum atomic E-state index is -0.778. The van der Waals surface area contributed by atoms with E-state index in [1.807, 2.05) is 6.92 Å². The molecule has 0 unspecified atom stereocenters. The zero-order chi connectivity index (χ0) is 22.2. The number of hydrogen-bond acceptors (Lipinski definition) is 5. The van der Waals surface area contributed by atoms with Crippen LogP contribution in [0.15, 0.2) is 71.3 Å². The van der Waals surface area contributed by atoms with Gasteiger partial charge in [0.15, 0.2) is 5.76 Å². The van der Waals surface area contributed by atoms with Crippen LogP contribution in [-0.2, 0) is 4.79 Å². The van der Waals surface area contributed by atoms with Gasteiger partial charge in [0.25, 0.3) is 11.8 Å². The smallest absolute Gasteiger partial charge is 0.287 e. The molecule has 0 fully saturated rings. The van der Waals surface area contributed by atoms with Crippen LogP contribution < -0.4 is 20.7 Å². The van der Waals surface area contributed by atoms with Crippen molar-refractivity contribution in [3.63, 3.8) is 0 Å². The second kappa shape index (κ2) is 10.1.